The summed E-state index contributed by atoms with van der Waals surface area (Å²) in [5, 5.41) is 0.706. The first-order valence-electron chi connectivity index (χ1n) is 6.90. The van der Waals surface area contributed by atoms with Crippen molar-refractivity contribution in [1.29, 1.82) is 0 Å². The van der Waals surface area contributed by atoms with Gasteiger partial charge in [0.05, 0.1) is 6.42 Å². The average molecular weight is 282 g/mol. The molecule has 3 heteroatoms. The molecule has 0 spiro atoms. The van der Waals surface area contributed by atoms with Gasteiger partial charge in [0.15, 0.2) is 0 Å². The molecular weight excluding hydrogens is 258 g/mol. The van der Waals surface area contributed by atoms with Crippen molar-refractivity contribution < 1.29 is 4.79 Å². The van der Waals surface area contributed by atoms with Crippen LogP contribution >= 0.6 is 11.6 Å². The summed E-state index contributed by atoms with van der Waals surface area (Å²) in [5.41, 5.74) is 1.02. The van der Waals surface area contributed by atoms with Gasteiger partial charge < -0.3 is 4.90 Å². The van der Waals surface area contributed by atoms with Crippen LogP contribution in [0.4, 0.5) is 0 Å². The number of rotatable bonds is 6. The van der Waals surface area contributed by atoms with E-state index in [0.29, 0.717) is 23.3 Å². The maximum absolute atomic E-state index is 12.4. The molecular formula is C16H24ClNO. The van der Waals surface area contributed by atoms with Gasteiger partial charge in [0, 0.05) is 18.1 Å². The molecule has 0 aliphatic carbocycles. The number of benzene rings is 1. The summed E-state index contributed by atoms with van der Waals surface area (Å²) in [6, 6.07) is 7.51. The highest BCUT2D eigenvalue weighted by molar-refractivity contribution is 6.30. The second-order valence-corrected chi connectivity index (χ2v) is 6.33. The van der Waals surface area contributed by atoms with Crippen molar-refractivity contribution in [2.24, 2.45) is 11.8 Å². The van der Waals surface area contributed by atoms with E-state index >= 15 is 0 Å². The Morgan fingerprint density at radius 1 is 1.05 bits per heavy atom. The molecule has 1 amide bonds. The molecule has 0 bridgehead atoms. The van der Waals surface area contributed by atoms with Crippen LogP contribution in [0.5, 0.6) is 0 Å². The van der Waals surface area contributed by atoms with Gasteiger partial charge in [-0.05, 0) is 29.5 Å². The molecule has 0 aromatic heterocycles. The largest absolute Gasteiger partial charge is 0.342 e. The quantitative estimate of drug-likeness (QED) is 0.771. The lowest BCUT2D eigenvalue weighted by Crippen LogP contribution is -2.37. The van der Waals surface area contributed by atoms with Gasteiger partial charge in [-0.3, -0.25) is 4.79 Å². The Hall–Kier alpha value is -1.02. The summed E-state index contributed by atoms with van der Waals surface area (Å²) in [5.74, 6) is 1.19. The fraction of sp³-hybridized carbons (Fsp3) is 0.562. The van der Waals surface area contributed by atoms with Crippen LogP contribution in [0.15, 0.2) is 24.3 Å². The Bertz CT molecular complexity index is 388. The zero-order valence-electron chi connectivity index (χ0n) is 12.3. The van der Waals surface area contributed by atoms with Crippen molar-refractivity contribution in [3.05, 3.63) is 34.9 Å². The van der Waals surface area contributed by atoms with E-state index in [0.717, 1.165) is 18.7 Å². The predicted octanol–water partition coefficient (Wildman–Crippen LogP) is 4.02. The number of carbonyl (C=O) groups excluding carboxylic acids is 1. The van der Waals surface area contributed by atoms with Gasteiger partial charge in [0.25, 0.3) is 0 Å². The van der Waals surface area contributed by atoms with Crippen LogP contribution in [0.1, 0.15) is 33.3 Å². The van der Waals surface area contributed by atoms with Crippen LogP contribution in [0.25, 0.3) is 0 Å². The molecule has 1 aromatic carbocycles. The van der Waals surface area contributed by atoms with Crippen LogP contribution < -0.4 is 0 Å². The molecule has 19 heavy (non-hydrogen) atoms. The van der Waals surface area contributed by atoms with Gasteiger partial charge in [0.2, 0.25) is 5.91 Å². The van der Waals surface area contributed by atoms with E-state index in [1.165, 1.54) is 0 Å². The molecule has 0 aliphatic heterocycles. The summed E-state index contributed by atoms with van der Waals surface area (Å²) in [6.07, 6.45) is 0.455. The minimum atomic E-state index is 0.199. The molecule has 0 heterocycles. The van der Waals surface area contributed by atoms with E-state index in [1.54, 1.807) is 0 Å². The van der Waals surface area contributed by atoms with Crippen molar-refractivity contribution >= 4 is 17.5 Å². The summed E-state index contributed by atoms with van der Waals surface area (Å²) in [4.78, 5) is 14.3. The van der Waals surface area contributed by atoms with Gasteiger partial charge in [-0.2, -0.15) is 0 Å². The van der Waals surface area contributed by atoms with E-state index in [-0.39, 0.29) is 5.91 Å². The zero-order chi connectivity index (χ0) is 14.4. The predicted molar refractivity (Wildman–Crippen MR) is 81.4 cm³/mol. The molecule has 0 radical (unpaired) electrons. The molecule has 0 saturated heterocycles. The highest BCUT2D eigenvalue weighted by Gasteiger charge is 2.16. The fourth-order valence-electron chi connectivity index (χ4n) is 2.05. The topological polar surface area (TPSA) is 20.3 Å². The highest BCUT2D eigenvalue weighted by atomic mass is 35.5. The van der Waals surface area contributed by atoms with E-state index < -0.39 is 0 Å². The SMILES string of the molecule is CC(C)CN(CC(C)C)C(=O)Cc1ccc(Cl)cc1. The lowest BCUT2D eigenvalue weighted by molar-refractivity contribution is -0.131. The number of hydrogen-bond acceptors (Lipinski definition) is 1. The third-order valence-electron chi connectivity index (χ3n) is 2.79. The Morgan fingerprint density at radius 2 is 1.53 bits per heavy atom. The number of halogens is 1. The third-order valence-corrected chi connectivity index (χ3v) is 3.04. The standard InChI is InChI=1S/C16H24ClNO/c1-12(2)10-18(11-13(3)4)16(19)9-14-5-7-15(17)8-6-14/h5-8,12-13H,9-11H2,1-4H3. The first-order valence-corrected chi connectivity index (χ1v) is 7.28. The first kappa shape index (κ1) is 16.0. The first-order chi connectivity index (χ1) is 8.88. The molecule has 1 rings (SSSR count). The molecule has 0 aliphatic rings. The minimum absolute atomic E-state index is 0.199. The van der Waals surface area contributed by atoms with E-state index in [2.05, 4.69) is 27.7 Å². The Morgan fingerprint density at radius 3 is 1.95 bits per heavy atom. The van der Waals surface area contributed by atoms with Crippen LogP contribution in [-0.2, 0) is 11.2 Å². The van der Waals surface area contributed by atoms with Gasteiger partial charge in [-0.25, -0.2) is 0 Å². The molecule has 0 saturated carbocycles. The Kier molecular flexibility index (Phi) is 6.36. The van der Waals surface area contributed by atoms with Crippen molar-refractivity contribution in [3.8, 4) is 0 Å². The monoisotopic (exact) mass is 281 g/mol. The van der Waals surface area contributed by atoms with Crippen molar-refractivity contribution in [2.75, 3.05) is 13.1 Å². The van der Waals surface area contributed by atoms with Gasteiger partial charge >= 0.3 is 0 Å². The van der Waals surface area contributed by atoms with E-state index in [4.69, 9.17) is 11.6 Å². The summed E-state index contributed by atoms with van der Waals surface area (Å²) >= 11 is 5.85. The summed E-state index contributed by atoms with van der Waals surface area (Å²) in [6.45, 7) is 10.2. The molecule has 0 N–H and O–H groups in total. The highest BCUT2D eigenvalue weighted by Crippen LogP contribution is 2.12. The Balaban J connectivity index is 2.67. The molecule has 0 fully saturated rings. The maximum Gasteiger partial charge on any atom is 0.227 e. The van der Waals surface area contributed by atoms with Crippen LogP contribution in [-0.4, -0.2) is 23.9 Å². The van der Waals surface area contributed by atoms with Crippen LogP contribution in [0.3, 0.4) is 0 Å². The normalized spacial score (nSPS) is 11.1. The lowest BCUT2D eigenvalue weighted by Gasteiger charge is -2.26. The number of amides is 1. The third kappa shape index (κ3) is 6.11. The van der Waals surface area contributed by atoms with Gasteiger partial charge in [0.1, 0.15) is 0 Å². The molecule has 106 valence electrons. The Labute approximate surface area is 121 Å². The average Bonchev–Trinajstić information content (AvgIpc) is 2.30. The number of nitrogens with zero attached hydrogens (tertiary/aromatic N) is 1. The molecule has 2 nitrogen and oxygen atoms in total. The second-order valence-electron chi connectivity index (χ2n) is 5.89. The summed E-state index contributed by atoms with van der Waals surface area (Å²) in [7, 11) is 0. The number of carbonyl (C=O) groups is 1. The van der Waals surface area contributed by atoms with Gasteiger partial charge in [-0.1, -0.05) is 51.4 Å². The van der Waals surface area contributed by atoms with Crippen LogP contribution in [0, 0.1) is 11.8 Å². The van der Waals surface area contributed by atoms with Crippen molar-refractivity contribution in [1.82, 2.24) is 4.90 Å². The van der Waals surface area contributed by atoms with Crippen LogP contribution in [0.2, 0.25) is 5.02 Å². The van der Waals surface area contributed by atoms with Crippen molar-refractivity contribution in [3.63, 3.8) is 0 Å². The van der Waals surface area contributed by atoms with E-state index in [9.17, 15) is 4.79 Å². The molecule has 1 aromatic rings. The molecule has 0 unspecified atom stereocenters. The second kappa shape index (κ2) is 7.54. The summed E-state index contributed by atoms with van der Waals surface area (Å²) < 4.78 is 0. The maximum atomic E-state index is 12.4. The lowest BCUT2D eigenvalue weighted by atomic mass is 10.1. The molecule has 0 atom stereocenters. The smallest absolute Gasteiger partial charge is 0.227 e. The zero-order valence-corrected chi connectivity index (χ0v) is 13.1. The van der Waals surface area contributed by atoms with Crippen molar-refractivity contribution in [2.45, 2.75) is 34.1 Å². The minimum Gasteiger partial charge on any atom is -0.342 e. The van der Waals surface area contributed by atoms with E-state index in [1.807, 2.05) is 29.2 Å². The number of hydrogen-bond donors (Lipinski definition) is 0. The fourth-order valence-corrected chi connectivity index (χ4v) is 2.17. The van der Waals surface area contributed by atoms with Gasteiger partial charge in [-0.15, -0.1) is 0 Å².